The summed E-state index contributed by atoms with van der Waals surface area (Å²) in [6, 6.07) is -0.446. The number of nitrogens with zero attached hydrogens (tertiary/aromatic N) is 4. The molecule has 0 atom stereocenters. The number of carbonyl (C=O) groups excluding carboxylic acids is 2. The van der Waals surface area contributed by atoms with Gasteiger partial charge in [-0.3, -0.25) is 10.1 Å². The van der Waals surface area contributed by atoms with Crippen molar-refractivity contribution in [2.24, 2.45) is 0 Å². The molecular formula is C9H13F3N6O2. The smallest absolute Gasteiger partial charge is 0.345 e. The molecule has 0 saturated heterocycles. The summed E-state index contributed by atoms with van der Waals surface area (Å²) in [5.74, 6) is -0.773. The standard InChI is InChI=1S/C9H13F3N6O2/c1-17(2)8(20)14-6-3-18(16-15-6)4-7(19)13-5-9(10,11)12/h3H,4-5H2,1-2H3,(H,13,19)(H,14,20). The van der Waals surface area contributed by atoms with Crippen molar-refractivity contribution >= 4 is 17.8 Å². The molecule has 1 aromatic rings. The number of anilines is 1. The maximum Gasteiger partial charge on any atom is 0.405 e. The van der Waals surface area contributed by atoms with Gasteiger partial charge in [-0.15, -0.1) is 5.10 Å². The Hall–Kier alpha value is -2.33. The predicted molar refractivity (Wildman–Crippen MR) is 61.8 cm³/mol. The zero-order valence-corrected chi connectivity index (χ0v) is 10.7. The summed E-state index contributed by atoms with van der Waals surface area (Å²) in [5.41, 5.74) is 0. The van der Waals surface area contributed by atoms with E-state index in [1.54, 1.807) is 5.32 Å². The topological polar surface area (TPSA) is 92.2 Å². The molecule has 11 heteroatoms. The number of hydrogen-bond acceptors (Lipinski definition) is 4. The number of nitrogens with one attached hydrogen (secondary N) is 2. The Bertz CT molecular complexity index is 484. The Kier molecular flexibility index (Phi) is 4.88. The van der Waals surface area contributed by atoms with E-state index in [2.05, 4.69) is 15.6 Å². The van der Waals surface area contributed by atoms with Crippen molar-refractivity contribution in [3.63, 3.8) is 0 Å². The van der Waals surface area contributed by atoms with Crippen molar-refractivity contribution in [1.82, 2.24) is 25.2 Å². The molecule has 3 amide bonds. The van der Waals surface area contributed by atoms with Gasteiger partial charge in [-0.25, -0.2) is 9.48 Å². The fourth-order valence-corrected chi connectivity index (χ4v) is 1.06. The van der Waals surface area contributed by atoms with Crippen molar-refractivity contribution in [3.05, 3.63) is 6.20 Å². The molecule has 0 aliphatic heterocycles. The van der Waals surface area contributed by atoms with Gasteiger partial charge < -0.3 is 10.2 Å². The van der Waals surface area contributed by atoms with Crippen molar-refractivity contribution < 1.29 is 22.8 Å². The molecule has 0 radical (unpaired) electrons. The first kappa shape index (κ1) is 15.7. The molecule has 1 aromatic heterocycles. The SMILES string of the molecule is CN(C)C(=O)Nc1cn(CC(=O)NCC(F)(F)F)nn1. The van der Waals surface area contributed by atoms with Gasteiger partial charge in [-0.1, -0.05) is 5.21 Å². The van der Waals surface area contributed by atoms with Crippen LogP contribution >= 0.6 is 0 Å². The maximum absolute atomic E-state index is 11.9. The molecule has 0 aliphatic rings. The van der Waals surface area contributed by atoms with E-state index in [1.807, 2.05) is 0 Å². The van der Waals surface area contributed by atoms with E-state index >= 15 is 0 Å². The van der Waals surface area contributed by atoms with Gasteiger partial charge in [0.2, 0.25) is 5.91 Å². The fraction of sp³-hybridized carbons (Fsp3) is 0.556. The number of rotatable bonds is 4. The Balaban J connectivity index is 2.48. The van der Waals surface area contributed by atoms with E-state index < -0.39 is 31.2 Å². The lowest BCUT2D eigenvalue weighted by atomic mass is 10.5. The normalized spacial score (nSPS) is 11.1. The third-order valence-corrected chi connectivity index (χ3v) is 1.97. The van der Waals surface area contributed by atoms with Gasteiger partial charge in [0.05, 0.1) is 6.20 Å². The predicted octanol–water partition coefficient (Wildman–Crippen LogP) is 0.0501. The second kappa shape index (κ2) is 6.21. The summed E-state index contributed by atoms with van der Waals surface area (Å²) >= 11 is 0. The molecule has 20 heavy (non-hydrogen) atoms. The van der Waals surface area contributed by atoms with Crippen molar-refractivity contribution in [1.29, 1.82) is 0 Å². The average Bonchev–Trinajstić information content (AvgIpc) is 2.73. The maximum atomic E-state index is 11.9. The summed E-state index contributed by atoms with van der Waals surface area (Å²) in [5, 5.41) is 11.1. The number of halogens is 3. The van der Waals surface area contributed by atoms with Crippen LogP contribution in [0.3, 0.4) is 0 Å². The van der Waals surface area contributed by atoms with Gasteiger partial charge in [0.15, 0.2) is 5.82 Å². The van der Waals surface area contributed by atoms with Crippen LogP contribution in [0, 0.1) is 0 Å². The van der Waals surface area contributed by atoms with E-state index in [0.717, 1.165) is 4.68 Å². The molecule has 0 aliphatic carbocycles. The number of hydrogen-bond donors (Lipinski definition) is 2. The summed E-state index contributed by atoms with van der Waals surface area (Å²) in [6.45, 7) is -1.84. The zero-order chi connectivity index (χ0) is 15.3. The van der Waals surface area contributed by atoms with Crippen molar-refractivity contribution in [3.8, 4) is 0 Å². The molecule has 0 spiro atoms. The minimum atomic E-state index is -4.47. The molecule has 1 rings (SSSR count). The van der Waals surface area contributed by atoms with Crippen LogP contribution in [0.15, 0.2) is 6.20 Å². The van der Waals surface area contributed by atoms with Gasteiger partial charge in [-0.05, 0) is 0 Å². The Morgan fingerprint density at radius 1 is 1.40 bits per heavy atom. The summed E-state index contributed by atoms with van der Waals surface area (Å²) in [7, 11) is 3.04. The van der Waals surface area contributed by atoms with Crippen molar-refractivity contribution in [2.75, 3.05) is 26.0 Å². The first-order valence-electron chi connectivity index (χ1n) is 5.39. The molecule has 0 bridgehead atoms. The monoisotopic (exact) mass is 294 g/mol. The van der Waals surface area contributed by atoms with E-state index in [-0.39, 0.29) is 5.82 Å². The highest BCUT2D eigenvalue weighted by atomic mass is 19.4. The highest BCUT2D eigenvalue weighted by Gasteiger charge is 2.27. The largest absolute Gasteiger partial charge is 0.405 e. The molecular weight excluding hydrogens is 281 g/mol. The third-order valence-electron chi connectivity index (χ3n) is 1.97. The third kappa shape index (κ3) is 5.54. The van der Waals surface area contributed by atoms with E-state index in [9.17, 15) is 22.8 Å². The van der Waals surface area contributed by atoms with E-state index in [1.165, 1.54) is 25.2 Å². The second-order valence-electron chi connectivity index (χ2n) is 4.02. The number of carbonyl (C=O) groups is 2. The number of amides is 3. The number of aromatic nitrogens is 3. The van der Waals surface area contributed by atoms with Crippen LogP contribution in [0.4, 0.5) is 23.8 Å². The van der Waals surface area contributed by atoms with Gasteiger partial charge in [0.1, 0.15) is 13.1 Å². The lowest BCUT2D eigenvalue weighted by Gasteiger charge is -2.09. The molecule has 0 saturated carbocycles. The minimum absolute atomic E-state index is 0.0901. The fourth-order valence-electron chi connectivity index (χ4n) is 1.06. The Labute approximate surface area is 111 Å². The molecule has 0 fully saturated rings. The summed E-state index contributed by atoms with van der Waals surface area (Å²) < 4.78 is 36.6. The molecule has 2 N–H and O–H groups in total. The Morgan fingerprint density at radius 2 is 2.05 bits per heavy atom. The van der Waals surface area contributed by atoms with Gasteiger partial charge in [0, 0.05) is 14.1 Å². The van der Waals surface area contributed by atoms with Crippen LogP contribution in [0.2, 0.25) is 0 Å². The molecule has 0 unspecified atom stereocenters. The van der Waals surface area contributed by atoms with Crippen LogP contribution < -0.4 is 10.6 Å². The van der Waals surface area contributed by atoms with Crippen LogP contribution in [0.5, 0.6) is 0 Å². The second-order valence-corrected chi connectivity index (χ2v) is 4.02. The van der Waals surface area contributed by atoms with Gasteiger partial charge in [-0.2, -0.15) is 13.2 Å². The van der Waals surface area contributed by atoms with Crippen LogP contribution in [-0.2, 0) is 11.3 Å². The highest BCUT2D eigenvalue weighted by molar-refractivity contribution is 5.87. The molecule has 8 nitrogen and oxygen atoms in total. The van der Waals surface area contributed by atoms with Crippen LogP contribution in [0.1, 0.15) is 0 Å². The van der Waals surface area contributed by atoms with Gasteiger partial charge in [0.25, 0.3) is 0 Å². The zero-order valence-electron chi connectivity index (χ0n) is 10.7. The lowest BCUT2D eigenvalue weighted by Crippen LogP contribution is -2.35. The Morgan fingerprint density at radius 3 is 2.60 bits per heavy atom. The quantitative estimate of drug-likeness (QED) is 0.820. The van der Waals surface area contributed by atoms with E-state index in [0.29, 0.717) is 0 Å². The highest BCUT2D eigenvalue weighted by Crippen LogP contribution is 2.12. The minimum Gasteiger partial charge on any atom is -0.345 e. The molecule has 112 valence electrons. The molecule has 1 heterocycles. The number of alkyl halides is 3. The molecule has 0 aromatic carbocycles. The first-order valence-corrected chi connectivity index (χ1v) is 5.39. The first-order chi connectivity index (χ1) is 9.17. The number of urea groups is 1. The van der Waals surface area contributed by atoms with Crippen molar-refractivity contribution in [2.45, 2.75) is 12.7 Å². The lowest BCUT2D eigenvalue weighted by molar-refractivity contribution is -0.138. The summed E-state index contributed by atoms with van der Waals surface area (Å²) in [6.07, 6.45) is -3.24. The van der Waals surface area contributed by atoms with Crippen LogP contribution in [0.25, 0.3) is 0 Å². The van der Waals surface area contributed by atoms with E-state index in [4.69, 9.17) is 0 Å². The average molecular weight is 294 g/mol. The van der Waals surface area contributed by atoms with Gasteiger partial charge >= 0.3 is 12.2 Å². The van der Waals surface area contributed by atoms with Crippen LogP contribution in [-0.4, -0.2) is 58.6 Å². The summed E-state index contributed by atoms with van der Waals surface area (Å²) in [4.78, 5) is 23.8.